The Labute approximate surface area is 75.6 Å². The van der Waals surface area contributed by atoms with Crippen LogP contribution in [0.2, 0.25) is 0 Å². The molecular weight excluding hydrogens is 172 g/mol. The van der Waals surface area contributed by atoms with E-state index < -0.39 is 5.97 Å². The Morgan fingerprint density at radius 3 is 2.77 bits per heavy atom. The van der Waals surface area contributed by atoms with Crippen molar-refractivity contribution in [2.75, 3.05) is 6.61 Å². The standard InChI is InChI=1S/C9H10O4/c1-2-12-9(10)7-5-3-4-6-8(7)13-11/h3-6,11H,2H2,1H3. The van der Waals surface area contributed by atoms with Gasteiger partial charge in [-0.05, 0) is 19.1 Å². The summed E-state index contributed by atoms with van der Waals surface area (Å²) in [5, 5.41) is 8.43. The molecule has 0 radical (unpaired) electrons. The molecule has 70 valence electrons. The fourth-order valence-electron chi connectivity index (χ4n) is 0.924. The highest BCUT2D eigenvalue weighted by atomic mass is 17.1. The van der Waals surface area contributed by atoms with Crippen molar-refractivity contribution in [2.45, 2.75) is 6.92 Å². The summed E-state index contributed by atoms with van der Waals surface area (Å²) in [5.41, 5.74) is 0.215. The van der Waals surface area contributed by atoms with Gasteiger partial charge >= 0.3 is 5.97 Å². The zero-order valence-corrected chi connectivity index (χ0v) is 7.19. The molecule has 0 spiro atoms. The van der Waals surface area contributed by atoms with Gasteiger partial charge in [-0.25, -0.2) is 10.1 Å². The highest BCUT2D eigenvalue weighted by molar-refractivity contribution is 5.92. The molecule has 0 saturated carbocycles. The van der Waals surface area contributed by atoms with E-state index in [1.807, 2.05) is 0 Å². The Morgan fingerprint density at radius 1 is 1.46 bits per heavy atom. The number of rotatable bonds is 3. The summed E-state index contributed by atoms with van der Waals surface area (Å²) in [6.45, 7) is 2.00. The van der Waals surface area contributed by atoms with Crippen molar-refractivity contribution in [1.82, 2.24) is 0 Å². The average molecular weight is 182 g/mol. The summed E-state index contributed by atoms with van der Waals surface area (Å²) in [7, 11) is 0. The van der Waals surface area contributed by atoms with Crippen LogP contribution in [0.5, 0.6) is 5.75 Å². The lowest BCUT2D eigenvalue weighted by atomic mass is 10.2. The summed E-state index contributed by atoms with van der Waals surface area (Å²) in [5.74, 6) is -0.409. The van der Waals surface area contributed by atoms with Gasteiger partial charge in [-0.2, -0.15) is 0 Å². The van der Waals surface area contributed by atoms with E-state index in [1.165, 1.54) is 12.1 Å². The van der Waals surface area contributed by atoms with Crippen molar-refractivity contribution in [3.63, 3.8) is 0 Å². The van der Waals surface area contributed by atoms with Crippen LogP contribution in [-0.2, 0) is 4.74 Å². The molecule has 1 N–H and O–H groups in total. The quantitative estimate of drug-likeness (QED) is 0.439. The molecule has 0 heterocycles. The maximum Gasteiger partial charge on any atom is 0.342 e. The van der Waals surface area contributed by atoms with E-state index in [-0.39, 0.29) is 11.3 Å². The van der Waals surface area contributed by atoms with Gasteiger partial charge in [-0.3, -0.25) is 0 Å². The van der Waals surface area contributed by atoms with E-state index in [2.05, 4.69) is 4.89 Å². The smallest absolute Gasteiger partial charge is 0.342 e. The van der Waals surface area contributed by atoms with Crippen LogP contribution < -0.4 is 4.89 Å². The molecule has 0 amide bonds. The number of carbonyl (C=O) groups is 1. The van der Waals surface area contributed by atoms with Gasteiger partial charge < -0.3 is 9.62 Å². The first-order valence-electron chi connectivity index (χ1n) is 3.87. The molecule has 0 unspecified atom stereocenters. The van der Waals surface area contributed by atoms with Crippen molar-refractivity contribution in [3.8, 4) is 5.75 Å². The lowest BCUT2D eigenvalue weighted by molar-refractivity contribution is -0.138. The predicted molar refractivity (Wildman–Crippen MR) is 45.7 cm³/mol. The molecule has 4 nitrogen and oxygen atoms in total. The second-order valence-electron chi connectivity index (χ2n) is 2.31. The van der Waals surface area contributed by atoms with Crippen LogP contribution in [0.1, 0.15) is 17.3 Å². The lowest BCUT2D eigenvalue weighted by Gasteiger charge is -2.04. The zero-order valence-electron chi connectivity index (χ0n) is 7.19. The number of hydrogen-bond donors (Lipinski definition) is 1. The first-order valence-corrected chi connectivity index (χ1v) is 3.87. The van der Waals surface area contributed by atoms with Gasteiger partial charge in [-0.1, -0.05) is 12.1 Å². The van der Waals surface area contributed by atoms with E-state index in [4.69, 9.17) is 9.99 Å². The molecule has 13 heavy (non-hydrogen) atoms. The third-order valence-corrected chi connectivity index (χ3v) is 1.48. The second-order valence-corrected chi connectivity index (χ2v) is 2.31. The summed E-state index contributed by atoms with van der Waals surface area (Å²) >= 11 is 0. The van der Waals surface area contributed by atoms with Gasteiger partial charge in [-0.15, -0.1) is 0 Å². The van der Waals surface area contributed by atoms with Crippen molar-refractivity contribution in [2.24, 2.45) is 0 Å². The SMILES string of the molecule is CCOC(=O)c1ccccc1OO. The molecule has 0 aliphatic rings. The average Bonchev–Trinajstić information content (AvgIpc) is 2.18. The Bertz CT molecular complexity index is 295. The van der Waals surface area contributed by atoms with E-state index in [1.54, 1.807) is 19.1 Å². The number of carbonyl (C=O) groups excluding carboxylic acids is 1. The zero-order chi connectivity index (χ0) is 9.68. The number of para-hydroxylation sites is 1. The van der Waals surface area contributed by atoms with E-state index in [0.29, 0.717) is 6.61 Å². The molecule has 0 fully saturated rings. The van der Waals surface area contributed by atoms with Crippen LogP contribution in [0.3, 0.4) is 0 Å². The minimum Gasteiger partial charge on any atom is -0.462 e. The van der Waals surface area contributed by atoms with Crippen molar-refractivity contribution in [3.05, 3.63) is 29.8 Å². The molecular formula is C9H10O4. The highest BCUT2D eigenvalue weighted by Gasteiger charge is 2.12. The minimum atomic E-state index is -0.507. The first kappa shape index (κ1) is 9.54. The van der Waals surface area contributed by atoms with Crippen LogP contribution in [-0.4, -0.2) is 17.8 Å². The van der Waals surface area contributed by atoms with Crippen LogP contribution >= 0.6 is 0 Å². The lowest BCUT2D eigenvalue weighted by Crippen LogP contribution is -2.06. The second kappa shape index (κ2) is 4.47. The fourth-order valence-corrected chi connectivity index (χ4v) is 0.924. The molecule has 0 aliphatic heterocycles. The third-order valence-electron chi connectivity index (χ3n) is 1.48. The predicted octanol–water partition coefficient (Wildman–Crippen LogP) is 1.72. The molecule has 4 heteroatoms. The summed E-state index contributed by atoms with van der Waals surface area (Å²) in [6.07, 6.45) is 0. The van der Waals surface area contributed by atoms with Crippen molar-refractivity contribution in [1.29, 1.82) is 0 Å². The van der Waals surface area contributed by atoms with E-state index in [9.17, 15) is 4.79 Å². The number of esters is 1. The Morgan fingerprint density at radius 2 is 2.15 bits per heavy atom. The van der Waals surface area contributed by atoms with Crippen LogP contribution in [0.4, 0.5) is 0 Å². The normalized spacial score (nSPS) is 9.38. The molecule has 1 rings (SSSR count). The first-order chi connectivity index (χ1) is 6.29. The van der Waals surface area contributed by atoms with Gasteiger partial charge in [0.05, 0.1) is 6.61 Å². The van der Waals surface area contributed by atoms with Crippen molar-refractivity contribution < 1.29 is 19.7 Å². The molecule has 1 aromatic carbocycles. The minimum absolute atomic E-state index is 0.0981. The molecule has 0 aromatic heterocycles. The Kier molecular flexibility index (Phi) is 3.28. The van der Waals surface area contributed by atoms with Crippen molar-refractivity contribution >= 4 is 5.97 Å². The third kappa shape index (κ3) is 2.19. The molecule has 0 saturated heterocycles. The molecule has 0 aliphatic carbocycles. The highest BCUT2D eigenvalue weighted by Crippen LogP contribution is 2.17. The number of benzene rings is 1. The summed E-state index contributed by atoms with van der Waals surface area (Å²) in [6, 6.07) is 6.30. The topological polar surface area (TPSA) is 55.8 Å². The number of hydrogen-bond acceptors (Lipinski definition) is 4. The van der Waals surface area contributed by atoms with E-state index in [0.717, 1.165) is 0 Å². The van der Waals surface area contributed by atoms with Gasteiger partial charge in [0.1, 0.15) is 5.56 Å². The van der Waals surface area contributed by atoms with E-state index >= 15 is 0 Å². The molecule has 0 bridgehead atoms. The Hall–Kier alpha value is -1.55. The summed E-state index contributed by atoms with van der Waals surface area (Å²) < 4.78 is 4.74. The molecule has 0 atom stereocenters. The number of ether oxygens (including phenoxy) is 1. The van der Waals surface area contributed by atoms with Crippen LogP contribution in [0, 0.1) is 0 Å². The van der Waals surface area contributed by atoms with Crippen LogP contribution in [0.15, 0.2) is 24.3 Å². The molecule has 1 aromatic rings. The monoisotopic (exact) mass is 182 g/mol. The fraction of sp³-hybridized carbons (Fsp3) is 0.222. The van der Waals surface area contributed by atoms with Gasteiger partial charge in [0, 0.05) is 0 Å². The maximum atomic E-state index is 11.2. The van der Waals surface area contributed by atoms with Gasteiger partial charge in [0.25, 0.3) is 0 Å². The largest absolute Gasteiger partial charge is 0.462 e. The summed E-state index contributed by atoms with van der Waals surface area (Å²) in [4.78, 5) is 15.2. The van der Waals surface area contributed by atoms with Gasteiger partial charge in [0.15, 0.2) is 5.75 Å². The van der Waals surface area contributed by atoms with Crippen LogP contribution in [0.25, 0.3) is 0 Å². The Balaban J connectivity index is 2.92. The maximum absolute atomic E-state index is 11.2. The van der Waals surface area contributed by atoms with Gasteiger partial charge in [0.2, 0.25) is 0 Å².